The molecule has 0 fully saturated rings. The fourth-order valence-electron chi connectivity index (χ4n) is 1.83. The van der Waals surface area contributed by atoms with Crippen LogP contribution in [0.4, 0.5) is 13.2 Å². The normalized spacial score (nSPS) is 13.5. The Morgan fingerprint density at radius 2 is 1.95 bits per heavy atom. The van der Waals surface area contributed by atoms with Crippen LogP contribution in [0.15, 0.2) is 34.7 Å². The number of hydrogen-bond acceptors (Lipinski definition) is 2. The van der Waals surface area contributed by atoms with Gasteiger partial charge in [-0.25, -0.2) is 0 Å². The predicted molar refractivity (Wildman–Crippen MR) is 69.5 cm³/mol. The van der Waals surface area contributed by atoms with Gasteiger partial charge in [0, 0.05) is 12.0 Å². The van der Waals surface area contributed by atoms with E-state index in [1.54, 1.807) is 19.1 Å². The molecule has 0 saturated carbocycles. The van der Waals surface area contributed by atoms with Gasteiger partial charge in [0.15, 0.2) is 0 Å². The first-order chi connectivity index (χ1) is 9.27. The summed E-state index contributed by atoms with van der Waals surface area (Å²) in [7, 11) is 0. The number of rotatable bonds is 3. The average molecular weight is 305 g/mol. The van der Waals surface area contributed by atoms with Crippen LogP contribution in [-0.2, 0) is 12.6 Å². The lowest BCUT2D eigenvalue weighted by Crippen LogP contribution is -2.05. The summed E-state index contributed by atoms with van der Waals surface area (Å²) >= 11 is 5.56. The quantitative estimate of drug-likeness (QED) is 0.903. The molecule has 1 heterocycles. The van der Waals surface area contributed by atoms with Gasteiger partial charge in [-0.3, -0.25) is 0 Å². The third-order valence-corrected chi connectivity index (χ3v) is 3.04. The third kappa shape index (κ3) is 3.35. The molecule has 0 aliphatic rings. The van der Waals surface area contributed by atoms with Gasteiger partial charge in [0.25, 0.3) is 0 Å². The monoisotopic (exact) mass is 304 g/mol. The highest BCUT2D eigenvalue weighted by atomic mass is 35.5. The number of aliphatic hydroxyl groups is 1. The molecule has 2 rings (SSSR count). The van der Waals surface area contributed by atoms with Crippen molar-refractivity contribution in [2.24, 2.45) is 0 Å². The van der Waals surface area contributed by atoms with Crippen LogP contribution in [0, 0.1) is 0 Å². The van der Waals surface area contributed by atoms with Crippen LogP contribution in [0.3, 0.4) is 0 Å². The molecule has 2 aromatic rings. The summed E-state index contributed by atoms with van der Waals surface area (Å²) in [6, 6.07) is 6.80. The number of benzene rings is 1. The lowest BCUT2D eigenvalue weighted by atomic mass is 10.1. The molecule has 1 unspecified atom stereocenters. The minimum absolute atomic E-state index is 0.290. The second kappa shape index (κ2) is 5.50. The number of aliphatic hydroxyl groups excluding tert-OH is 1. The Hall–Kier alpha value is -1.46. The zero-order valence-electron chi connectivity index (χ0n) is 10.5. The zero-order valence-corrected chi connectivity index (χ0v) is 11.3. The summed E-state index contributed by atoms with van der Waals surface area (Å²) in [4.78, 5) is 0. The summed E-state index contributed by atoms with van der Waals surface area (Å²) in [6.45, 7) is 1.60. The first kappa shape index (κ1) is 14.9. The fourth-order valence-corrected chi connectivity index (χ4v) is 2.05. The van der Waals surface area contributed by atoms with Gasteiger partial charge in [0.05, 0.1) is 16.7 Å². The minimum Gasteiger partial charge on any atom is -0.461 e. The second-order valence-corrected chi connectivity index (χ2v) is 4.92. The Labute approximate surface area is 118 Å². The van der Waals surface area contributed by atoms with Crippen molar-refractivity contribution in [3.05, 3.63) is 46.7 Å². The van der Waals surface area contributed by atoms with Crippen molar-refractivity contribution in [2.75, 3.05) is 0 Å². The van der Waals surface area contributed by atoms with Crippen LogP contribution in [0.2, 0.25) is 5.02 Å². The van der Waals surface area contributed by atoms with E-state index in [0.29, 0.717) is 23.5 Å². The number of alkyl halides is 3. The van der Waals surface area contributed by atoms with Gasteiger partial charge in [0.1, 0.15) is 11.5 Å². The molecule has 2 nitrogen and oxygen atoms in total. The lowest BCUT2D eigenvalue weighted by molar-refractivity contribution is -0.137. The van der Waals surface area contributed by atoms with Gasteiger partial charge in [-0.15, -0.1) is 0 Å². The maximum absolute atomic E-state index is 12.8. The SMILES string of the molecule is CC(O)Cc1ccc(-c2ccc(Cl)c(C(F)(F)F)c2)o1. The maximum Gasteiger partial charge on any atom is 0.417 e. The van der Waals surface area contributed by atoms with Gasteiger partial charge in [-0.1, -0.05) is 11.6 Å². The molecule has 1 N–H and O–H groups in total. The minimum atomic E-state index is -4.51. The van der Waals surface area contributed by atoms with Gasteiger partial charge < -0.3 is 9.52 Å². The van der Waals surface area contributed by atoms with E-state index in [4.69, 9.17) is 16.0 Å². The number of halogens is 4. The Balaban J connectivity index is 2.36. The van der Waals surface area contributed by atoms with Crippen LogP contribution < -0.4 is 0 Å². The van der Waals surface area contributed by atoms with Crippen molar-refractivity contribution < 1.29 is 22.7 Å². The lowest BCUT2D eigenvalue weighted by Gasteiger charge is -2.10. The zero-order chi connectivity index (χ0) is 14.9. The van der Waals surface area contributed by atoms with Gasteiger partial charge in [0.2, 0.25) is 0 Å². The van der Waals surface area contributed by atoms with E-state index in [9.17, 15) is 18.3 Å². The highest BCUT2D eigenvalue weighted by Gasteiger charge is 2.33. The fraction of sp³-hybridized carbons (Fsp3) is 0.286. The topological polar surface area (TPSA) is 33.4 Å². The molecule has 20 heavy (non-hydrogen) atoms. The van der Waals surface area contributed by atoms with Crippen molar-refractivity contribution >= 4 is 11.6 Å². The van der Waals surface area contributed by atoms with Gasteiger partial charge in [-0.2, -0.15) is 13.2 Å². The Morgan fingerprint density at radius 1 is 1.25 bits per heavy atom. The molecule has 108 valence electrons. The van der Waals surface area contributed by atoms with Gasteiger partial charge in [-0.05, 0) is 37.3 Å². The molecular weight excluding hydrogens is 293 g/mol. The molecule has 0 spiro atoms. The molecular formula is C14H12ClF3O2. The first-order valence-electron chi connectivity index (χ1n) is 5.91. The van der Waals surface area contributed by atoms with Crippen molar-refractivity contribution in [3.63, 3.8) is 0 Å². The molecule has 0 saturated heterocycles. The van der Waals surface area contributed by atoms with Crippen molar-refractivity contribution in [2.45, 2.75) is 25.6 Å². The summed E-state index contributed by atoms with van der Waals surface area (Å²) in [5.41, 5.74) is -0.608. The average Bonchev–Trinajstić information content (AvgIpc) is 2.75. The second-order valence-electron chi connectivity index (χ2n) is 4.51. The van der Waals surface area contributed by atoms with E-state index in [1.807, 2.05) is 0 Å². The maximum atomic E-state index is 12.8. The first-order valence-corrected chi connectivity index (χ1v) is 6.29. The Morgan fingerprint density at radius 3 is 2.55 bits per heavy atom. The van der Waals surface area contributed by atoms with Crippen molar-refractivity contribution in [3.8, 4) is 11.3 Å². The van der Waals surface area contributed by atoms with Crippen LogP contribution in [0.25, 0.3) is 11.3 Å². The molecule has 0 amide bonds. The smallest absolute Gasteiger partial charge is 0.417 e. The van der Waals surface area contributed by atoms with Crippen LogP contribution in [0.5, 0.6) is 0 Å². The van der Waals surface area contributed by atoms with E-state index in [2.05, 4.69) is 0 Å². The molecule has 0 bridgehead atoms. The Kier molecular flexibility index (Phi) is 4.11. The summed E-state index contributed by atoms with van der Waals surface area (Å²) in [5, 5.41) is 8.90. The Bertz CT molecular complexity index is 603. The van der Waals surface area contributed by atoms with Crippen molar-refractivity contribution in [1.82, 2.24) is 0 Å². The van der Waals surface area contributed by atoms with Crippen LogP contribution >= 0.6 is 11.6 Å². The molecule has 1 atom stereocenters. The summed E-state index contributed by atoms with van der Waals surface area (Å²) in [5.74, 6) is 0.821. The predicted octanol–water partition coefficient (Wildman–Crippen LogP) is 4.54. The molecule has 1 aromatic heterocycles. The summed E-state index contributed by atoms with van der Waals surface area (Å²) < 4.78 is 43.7. The third-order valence-electron chi connectivity index (χ3n) is 2.71. The van der Waals surface area contributed by atoms with Gasteiger partial charge >= 0.3 is 6.18 Å². The molecule has 0 aliphatic heterocycles. The van der Waals surface area contributed by atoms with E-state index in [1.165, 1.54) is 12.1 Å². The van der Waals surface area contributed by atoms with Crippen molar-refractivity contribution in [1.29, 1.82) is 0 Å². The highest BCUT2D eigenvalue weighted by molar-refractivity contribution is 6.31. The van der Waals surface area contributed by atoms with E-state index >= 15 is 0 Å². The molecule has 6 heteroatoms. The van der Waals surface area contributed by atoms with E-state index < -0.39 is 17.8 Å². The van der Waals surface area contributed by atoms with Crippen LogP contribution in [-0.4, -0.2) is 11.2 Å². The molecule has 0 aliphatic carbocycles. The number of furan rings is 1. The molecule has 1 aromatic carbocycles. The van der Waals surface area contributed by atoms with E-state index in [-0.39, 0.29) is 5.02 Å². The van der Waals surface area contributed by atoms with Crippen LogP contribution in [0.1, 0.15) is 18.2 Å². The standard InChI is InChI=1S/C14H12ClF3O2/c1-8(19)6-10-3-5-13(20-10)9-2-4-12(15)11(7-9)14(16,17)18/h2-5,7-8,19H,6H2,1H3. The summed E-state index contributed by atoms with van der Waals surface area (Å²) in [6.07, 6.45) is -4.79. The molecule has 0 radical (unpaired) electrons. The largest absolute Gasteiger partial charge is 0.461 e. The highest BCUT2D eigenvalue weighted by Crippen LogP contribution is 2.37. The number of hydrogen-bond donors (Lipinski definition) is 1. The van der Waals surface area contributed by atoms with E-state index in [0.717, 1.165) is 6.07 Å².